The van der Waals surface area contributed by atoms with E-state index in [1.807, 2.05) is 18.2 Å². The molecule has 1 heterocycles. The molecule has 2 aromatic rings. The minimum Gasteiger partial charge on any atom is -1.00 e. The monoisotopic (exact) mass is 170 g/mol. The topological polar surface area (TPSA) is 58.9 Å². The van der Waals surface area contributed by atoms with Crippen LogP contribution in [0.4, 0.5) is 0 Å². The maximum Gasteiger partial charge on any atom is 1.00 e. The summed E-state index contributed by atoms with van der Waals surface area (Å²) in [4.78, 5) is 11.0. The van der Waals surface area contributed by atoms with Crippen molar-refractivity contribution in [3.8, 4) is 11.3 Å². The molecule has 13 heavy (non-hydrogen) atoms. The van der Waals surface area contributed by atoms with Gasteiger partial charge in [0.2, 0.25) is 0 Å². The smallest absolute Gasteiger partial charge is 1.00 e. The molecule has 0 amide bonds. The molecular formula is C8H7LiN2O2. The van der Waals surface area contributed by atoms with Gasteiger partial charge in [0.1, 0.15) is 0 Å². The Morgan fingerprint density at radius 1 is 1.31 bits per heavy atom. The molecule has 0 aliphatic heterocycles. The summed E-state index contributed by atoms with van der Waals surface area (Å²) in [6.45, 7) is 0. The minimum atomic E-state index is -0.443. The first-order valence-corrected chi connectivity index (χ1v) is 3.47. The Balaban J connectivity index is 0.000000845. The van der Waals surface area contributed by atoms with Gasteiger partial charge in [-0.25, -0.2) is 4.79 Å². The first kappa shape index (κ1) is 9.84. The van der Waals surface area contributed by atoms with Gasteiger partial charge >= 0.3 is 24.5 Å². The molecular weight excluding hydrogens is 163 g/mol. The predicted octanol–water partition coefficient (Wildman–Crippen LogP) is -1.85. The van der Waals surface area contributed by atoms with Gasteiger partial charge in [-0.3, -0.25) is 0 Å². The van der Waals surface area contributed by atoms with Crippen LogP contribution in [-0.4, -0.2) is 10.4 Å². The Labute approximate surface area is 87.6 Å². The molecule has 0 atom stereocenters. The molecule has 0 spiro atoms. The van der Waals surface area contributed by atoms with Crippen molar-refractivity contribution >= 4 is 0 Å². The molecule has 1 aromatic heterocycles. The van der Waals surface area contributed by atoms with E-state index >= 15 is 0 Å². The summed E-state index contributed by atoms with van der Waals surface area (Å²) in [7, 11) is 0. The molecule has 0 saturated carbocycles. The van der Waals surface area contributed by atoms with Gasteiger partial charge in [0, 0.05) is 5.56 Å². The molecule has 0 unspecified atom stereocenters. The summed E-state index contributed by atoms with van der Waals surface area (Å²) in [6, 6.07) is 9.14. The predicted molar refractivity (Wildman–Crippen MR) is 43.7 cm³/mol. The number of nitrogens with one attached hydrogen (secondary N) is 1. The number of nitrogens with zero attached hydrogens (tertiary/aromatic N) is 1. The SMILES string of the molecule is O=c1o[nH]nc1-c1ccccc1.[H-].[Li+]. The number of H-pyrrole nitrogens is 1. The largest absolute Gasteiger partial charge is 1.00 e. The molecule has 1 aromatic carbocycles. The Morgan fingerprint density at radius 3 is 2.54 bits per heavy atom. The maximum absolute atomic E-state index is 11.0. The third-order valence-corrected chi connectivity index (χ3v) is 1.54. The fraction of sp³-hybridized carbons (Fsp3) is 0. The van der Waals surface area contributed by atoms with E-state index in [0.29, 0.717) is 5.69 Å². The summed E-state index contributed by atoms with van der Waals surface area (Å²) in [5.74, 6) is 0. The van der Waals surface area contributed by atoms with E-state index in [2.05, 4.69) is 14.9 Å². The fourth-order valence-corrected chi connectivity index (χ4v) is 0.982. The van der Waals surface area contributed by atoms with E-state index in [0.717, 1.165) is 5.56 Å². The van der Waals surface area contributed by atoms with Crippen LogP contribution in [0.2, 0.25) is 0 Å². The zero-order valence-corrected chi connectivity index (χ0v) is 7.15. The quantitative estimate of drug-likeness (QED) is 0.511. The van der Waals surface area contributed by atoms with Gasteiger partial charge in [0.15, 0.2) is 5.69 Å². The van der Waals surface area contributed by atoms with Gasteiger partial charge in [0.25, 0.3) is 0 Å². The Morgan fingerprint density at radius 2 is 2.00 bits per heavy atom. The van der Waals surface area contributed by atoms with E-state index in [1.54, 1.807) is 12.1 Å². The van der Waals surface area contributed by atoms with Crippen molar-refractivity contribution in [3.63, 3.8) is 0 Å². The van der Waals surface area contributed by atoms with Crippen molar-refractivity contribution in [1.82, 2.24) is 10.4 Å². The van der Waals surface area contributed by atoms with Crippen molar-refractivity contribution < 1.29 is 24.8 Å². The Bertz CT molecular complexity index is 426. The molecule has 5 heteroatoms. The molecule has 0 saturated heterocycles. The minimum absolute atomic E-state index is 0. The average molecular weight is 170 g/mol. The van der Waals surface area contributed by atoms with Crippen LogP contribution in [0.5, 0.6) is 0 Å². The zero-order chi connectivity index (χ0) is 8.39. The van der Waals surface area contributed by atoms with Crippen LogP contribution < -0.4 is 24.5 Å². The summed E-state index contributed by atoms with van der Waals surface area (Å²) < 4.78 is 4.43. The molecule has 0 aliphatic carbocycles. The molecule has 0 fully saturated rings. The number of benzene rings is 1. The van der Waals surface area contributed by atoms with E-state index < -0.39 is 5.63 Å². The standard InChI is InChI=1S/C8H6N2O2.Li.H/c11-8-7(9-10-12-8)6-4-2-1-3-5-6;;/h1-5,10H;;/q;+1;-1. The van der Waals surface area contributed by atoms with E-state index in [-0.39, 0.29) is 20.3 Å². The van der Waals surface area contributed by atoms with E-state index in [4.69, 9.17) is 0 Å². The van der Waals surface area contributed by atoms with Crippen molar-refractivity contribution in [2.24, 2.45) is 0 Å². The number of rotatable bonds is 1. The number of hydrogen-bond acceptors (Lipinski definition) is 3. The summed E-state index contributed by atoms with van der Waals surface area (Å²) in [5, 5.41) is 5.84. The number of aromatic amines is 1. The summed E-state index contributed by atoms with van der Waals surface area (Å²) in [5.41, 5.74) is 0.629. The van der Waals surface area contributed by atoms with Gasteiger partial charge in [-0.1, -0.05) is 30.3 Å². The van der Waals surface area contributed by atoms with E-state index in [9.17, 15) is 4.79 Å². The van der Waals surface area contributed by atoms with Crippen LogP contribution in [0.25, 0.3) is 11.3 Å². The molecule has 0 radical (unpaired) electrons. The second kappa shape index (κ2) is 4.12. The second-order valence-corrected chi connectivity index (χ2v) is 2.31. The average Bonchev–Trinajstić information content (AvgIpc) is 2.53. The third kappa shape index (κ3) is 1.91. The summed E-state index contributed by atoms with van der Waals surface area (Å²) >= 11 is 0. The van der Waals surface area contributed by atoms with Crippen LogP contribution in [0.1, 0.15) is 1.43 Å². The van der Waals surface area contributed by atoms with Crippen molar-refractivity contribution in [2.75, 3.05) is 0 Å². The normalized spacial score (nSPS) is 9.23. The number of hydrogen-bond donors (Lipinski definition) is 1. The Hall–Kier alpha value is -1.24. The van der Waals surface area contributed by atoms with Crippen molar-refractivity contribution in [1.29, 1.82) is 0 Å². The van der Waals surface area contributed by atoms with Gasteiger partial charge in [0.05, 0.1) is 0 Å². The molecule has 2 rings (SSSR count). The van der Waals surface area contributed by atoms with Crippen LogP contribution in [0.3, 0.4) is 0 Å². The van der Waals surface area contributed by atoms with E-state index in [1.165, 1.54) is 0 Å². The second-order valence-electron chi connectivity index (χ2n) is 2.31. The molecule has 0 bridgehead atoms. The molecule has 4 nitrogen and oxygen atoms in total. The Kier molecular flexibility index (Phi) is 3.12. The van der Waals surface area contributed by atoms with Crippen molar-refractivity contribution in [3.05, 3.63) is 40.8 Å². The third-order valence-electron chi connectivity index (χ3n) is 1.54. The summed E-state index contributed by atoms with van der Waals surface area (Å²) in [6.07, 6.45) is 0. The van der Waals surface area contributed by atoms with Crippen LogP contribution in [-0.2, 0) is 0 Å². The van der Waals surface area contributed by atoms with Crippen molar-refractivity contribution in [2.45, 2.75) is 0 Å². The zero-order valence-electron chi connectivity index (χ0n) is 8.15. The van der Waals surface area contributed by atoms with Gasteiger partial charge < -0.3 is 5.95 Å². The molecule has 0 aliphatic rings. The molecule has 1 N–H and O–H groups in total. The number of aromatic nitrogens is 2. The first-order valence-electron chi connectivity index (χ1n) is 3.47. The fourth-order valence-electron chi connectivity index (χ4n) is 0.982. The van der Waals surface area contributed by atoms with Crippen LogP contribution in [0.15, 0.2) is 39.6 Å². The molecule has 62 valence electrons. The van der Waals surface area contributed by atoms with Gasteiger partial charge in [-0.15, -0.1) is 10.4 Å². The van der Waals surface area contributed by atoms with Gasteiger partial charge in [-0.2, -0.15) is 0 Å². The van der Waals surface area contributed by atoms with Crippen LogP contribution >= 0.6 is 0 Å². The maximum atomic E-state index is 11.0. The van der Waals surface area contributed by atoms with Crippen LogP contribution in [0, 0.1) is 0 Å². The first-order chi connectivity index (χ1) is 5.88. The van der Waals surface area contributed by atoms with Gasteiger partial charge in [-0.05, 0) is 0 Å².